The minimum Gasteiger partial charge on any atom is -0.374 e. The molecule has 17 heavy (non-hydrogen) atoms. The van der Waals surface area contributed by atoms with E-state index in [1.165, 1.54) is 45.1 Å². The molecule has 2 N–H and O–H groups in total. The number of hydrogen-bond donors (Lipinski definition) is 1. The van der Waals surface area contributed by atoms with Gasteiger partial charge in [-0.1, -0.05) is 26.2 Å². The van der Waals surface area contributed by atoms with Crippen LogP contribution in [0.3, 0.4) is 0 Å². The van der Waals surface area contributed by atoms with Crippen molar-refractivity contribution < 1.29 is 4.74 Å². The molecule has 1 heterocycles. The van der Waals surface area contributed by atoms with Gasteiger partial charge in [-0.25, -0.2) is 0 Å². The summed E-state index contributed by atoms with van der Waals surface area (Å²) in [6, 6.07) is 0.259. The number of hydrogen-bond acceptors (Lipinski definition) is 3. The lowest BCUT2D eigenvalue weighted by Crippen LogP contribution is -2.53. The van der Waals surface area contributed by atoms with Gasteiger partial charge in [-0.2, -0.15) is 0 Å². The fourth-order valence-corrected chi connectivity index (χ4v) is 3.31. The number of morpholine rings is 1. The van der Waals surface area contributed by atoms with Gasteiger partial charge in [0.1, 0.15) is 0 Å². The monoisotopic (exact) mass is 240 g/mol. The molecule has 0 aromatic heterocycles. The highest BCUT2D eigenvalue weighted by atomic mass is 16.5. The summed E-state index contributed by atoms with van der Waals surface area (Å²) in [7, 11) is 0. The Kier molecular flexibility index (Phi) is 5.26. The van der Waals surface area contributed by atoms with Crippen molar-refractivity contribution in [2.24, 2.45) is 11.7 Å². The first-order valence-electron chi connectivity index (χ1n) is 7.40. The van der Waals surface area contributed by atoms with Crippen LogP contribution in [0.1, 0.15) is 45.4 Å². The smallest absolute Gasteiger partial charge is 0.0855 e. The first-order chi connectivity index (χ1) is 8.31. The van der Waals surface area contributed by atoms with Crippen LogP contribution in [0.2, 0.25) is 0 Å². The number of nitrogens with zero attached hydrogens (tertiary/aromatic N) is 1. The Bertz CT molecular complexity index is 214. The maximum absolute atomic E-state index is 6.43. The molecule has 0 amide bonds. The van der Waals surface area contributed by atoms with Crippen LogP contribution in [0.5, 0.6) is 0 Å². The second kappa shape index (κ2) is 6.72. The predicted octanol–water partition coefficient (Wildman–Crippen LogP) is 2.00. The van der Waals surface area contributed by atoms with Gasteiger partial charge in [0.15, 0.2) is 0 Å². The minimum absolute atomic E-state index is 0.259. The van der Waals surface area contributed by atoms with Crippen LogP contribution in [0.15, 0.2) is 0 Å². The highest BCUT2D eigenvalue weighted by Gasteiger charge is 2.31. The molecular formula is C14H28N2O. The molecule has 3 nitrogen and oxygen atoms in total. The molecular weight excluding hydrogens is 212 g/mol. The number of nitrogens with two attached hydrogens (primary N) is 1. The fourth-order valence-electron chi connectivity index (χ4n) is 3.31. The van der Waals surface area contributed by atoms with Crippen LogP contribution in [-0.4, -0.2) is 43.3 Å². The Morgan fingerprint density at radius 1 is 1.29 bits per heavy atom. The van der Waals surface area contributed by atoms with E-state index in [1.807, 2.05) is 0 Å². The Hall–Kier alpha value is -0.120. The molecule has 2 atom stereocenters. The number of ether oxygens (including phenoxy) is 1. The van der Waals surface area contributed by atoms with Gasteiger partial charge >= 0.3 is 0 Å². The fraction of sp³-hybridized carbons (Fsp3) is 1.00. The van der Waals surface area contributed by atoms with Gasteiger partial charge in [0.05, 0.1) is 12.7 Å². The van der Waals surface area contributed by atoms with Gasteiger partial charge in [0, 0.05) is 19.1 Å². The van der Waals surface area contributed by atoms with Crippen molar-refractivity contribution in [1.29, 1.82) is 0 Å². The highest BCUT2D eigenvalue weighted by Crippen LogP contribution is 2.28. The van der Waals surface area contributed by atoms with E-state index in [0.29, 0.717) is 5.92 Å². The molecule has 2 rings (SSSR count). The van der Waals surface area contributed by atoms with Crippen LogP contribution in [-0.2, 0) is 4.74 Å². The van der Waals surface area contributed by atoms with Gasteiger partial charge in [0.2, 0.25) is 0 Å². The summed E-state index contributed by atoms with van der Waals surface area (Å²) >= 11 is 0. The quantitative estimate of drug-likeness (QED) is 0.817. The summed E-state index contributed by atoms with van der Waals surface area (Å²) in [6.45, 7) is 6.43. The molecule has 1 aliphatic carbocycles. The molecule has 2 unspecified atom stereocenters. The topological polar surface area (TPSA) is 38.5 Å². The normalized spacial score (nSPS) is 30.4. The maximum atomic E-state index is 6.43. The molecule has 3 heteroatoms. The SMILES string of the molecule is CCCN1CCOC(C(N)C2CCCCC2)C1. The van der Waals surface area contributed by atoms with Crippen LogP contribution in [0.4, 0.5) is 0 Å². The maximum Gasteiger partial charge on any atom is 0.0855 e. The van der Waals surface area contributed by atoms with E-state index in [1.54, 1.807) is 0 Å². The van der Waals surface area contributed by atoms with Crippen LogP contribution >= 0.6 is 0 Å². The summed E-state index contributed by atoms with van der Waals surface area (Å²) in [6.07, 6.45) is 8.26. The average molecular weight is 240 g/mol. The third kappa shape index (κ3) is 3.67. The van der Waals surface area contributed by atoms with E-state index in [0.717, 1.165) is 19.7 Å². The third-order valence-corrected chi connectivity index (χ3v) is 4.34. The van der Waals surface area contributed by atoms with Gasteiger partial charge in [-0.3, -0.25) is 4.90 Å². The summed E-state index contributed by atoms with van der Waals surface area (Å²) in [5.74, 6) is 0.704. The molecule has 1 saturated carbocycles. The summed E-state index contributed by atoms with van der Waals surface area (Å²) in [5, 5.41) is 0. The Morgan fingerprint density at radius 3 is 2.76 bits per heavy atom. The molecule has 0 aromatic rings. The second-order valence-electron chi connectivity index (χ2n) is 5.69. The zero-order valence-corrected chi connectivity index (χ0v) is 11.2. The van der Waals surface area contributed by atoms with Crippen LogP contribution < -0.4 is 5.73 Å². The predicted molar refractivity (Wildman–Crippen MR) is 71.0 cm³/mol. The average Bonchev–Trinajstić information content (AvgIpc) is 2.40. The zero-order valence-electron chi connectivity index (χ0n) is 11.2. The first-order valence-corrected chi connectivity index (χ1v) is 7.40. The van der Waals surface area contributed by atoms with Crippen molar-refractivity contribution >= 4 is 0 Å². The van der Waals surface area contributed by atoms with Gasteiger partial charge in [-0.15, -0.1) is 0 Å². The number of rotatable bonds is 4. The van der Waals surface area contributed by atoms with Crippen LogP contribution in [0.25, 0.3) is 0 Å². The van der Waals surface area contributed by atoms with Crippen molar-refractivity contribution in [3.63, 3.8) is 0 Å². The molecule has 0 spiro atoms. The summed E-state index contributed by atoms with van der Waals surface area (Å²) in [4.78, 5) is 2.51. The van der Waals surface area contributed by atoms with E-state index in [9.17, 15) is 0 Å². The van der Waals surface area contributed by atoms with E-state index in [2.05, 4.69) is 11.8 Å². The molecule has 100 valence electrons. The minimum atomic E-state index is 0.259. The standard InChI is InChI=1S/C14H28N2O/c1-2-8-16-9-10-17-13(11-16)14(15)12-6-4-3-5-7-12/h12-14H,2-11,15H2,1H3. The Morgan fingerprint density at radius 2 is 2.06 bits per heavy atom. The van der Waals surface area contributed by atoms with Crippen molar-refractivity contribution in [2.45, 2.75) is 57.6 Å². The van der Waals surface area contributed by atoms with Gasteiger partial charge < -0.3 is 10.5 Å². The summed E-state index contributed by atoms with van der Waals surface area (Å²) in [5.41, 5.74) is 6.43. The van der Waals surface area contributed by atoms with Crippen LogP contribution in [0, 0.1) is 5.92 Å². The molecule has 1 aliphatic heterocycles. The first kappa shape index (κ1) is 13.3. The molecule has 0 bridgehead atoms. The lowest BCUT2D eigenvalue weighted by molar-refractivity contribution is -0.0517. The van der Waals surface area contributed by atoms with E-state index in [4.69, 9.17) is 10.5 Å². The van der Waals surface area contributed by atoms with Gasteiger partial charge in [0.25, 0.3) is 0 Å². The molecule has 1 saturated heterocycles. The van der Waals surface area contributed by atoms with E-state index in [-0.39, 0.29) is 12.1 Å². The molecule has 0 aromatic carbocycles. The van der Waals surface area contributed by atoms with E-state index < -0.39 is 0 Å². The van der Waals surface area contributed by atoms with Gasteiger partial charge in [-0.05, 0) is 31.7 Å². The zero-order chi connectivity index (χ0) is 12.1. The third-order valence-electron chi connectivity index (χ3n) is 4.34. The van der Waals surface area contributed by atoms with Crippen molar-refractivity contribution in [3.8, 4) is 0 Å². The van der Waals surface area contributed by atoms with E-state index >= 15 is 0 Å². The van der Waals surface area contributed by atoms with Crippen molar-refractivity contribution in [1.82, 2.24) is 4.90 Å². The van der Waals surface area contributed by atoms with Crippen molar-refractivity contribution in [2.75, 3.05) is 26.2 Å². The lowest BCUT2D eigenvalue weighted by atomic mass is 9.82. The summed E-state index contributed by atoms with van der Waals surface area (Å²) < 4.78 is 5.90. The van der Waals surface area contributed by atoms with Crippen molar-refractivity contribution in [3.05, 3.63) is 0 Å². The second-order valence-corrected chi connectivity index (χ2v) is 5.69. The molecule has 0 radical (unpaired) electrons. The Labute approximate surface area is 106 Å². The lowest BCUT2D eigenvalue weighted by Gasteiger charge is -2.39. The molecule has 2 aliphatic rings. The Balaban J connectivity index is 1.82. The highest BCUT2D eigenvalue weighted by molar-refractivity contribution is 4.86. The largest absolute Gasteiger partial charge is 0.374 e. The molecule has 2 fully saturated rings.